The third kappa shape index (κ3) is 4.82. The summed E-state index contributed by atoms with van der Waals surface area (Å²) < 4.78 is 16.6. The van der Waals surface area contributed by atoms with Crippen LogP contribution in [0, 0.1) is 13.8 Å². The molecule has 7 nitrogen and oxygen atoms in total. The number of hydrogen-bond acceptors (Lipinski definition) is 5. The van der Waals surface area contributed by atoms with E-state index in [-0.39, 0.29) is 19.2 Å². The Balaban J connectivity index is 2.03. The second-order valence-corrected chi connectivity index (χ2v) is 7.33. The second kappa shape index (κ2) is 9.55. The third-order valence-electron chi connectivity index (χ3n) is 5.35. The molecule has 0 aliphatic carbocycles. The van der Waals surface area contributed by atoms with Crippen LogP contribution in [0.5, 0.6) is 11.5 Å². The summed E-state index contributed by atoms with van der Waals surface area (Å²) in [6, 6.07) is 12.0. The molecule has 0 spiro atoms. The van der Waals surface area contributed by atoms with Gasteiger partial charge >= 0.3 is 12.0 Å². The van der Waals surface area contributed by atoms with Crippen LogP contribution in [0.4, 0.5) is 4.79 Å². The lowest BCUT2D eigenvalue weighted by Gasteiger charge is -2.34. The molecule has 1 aliphatic rings. The topological polar surface area (TPSA) is 77.1 Å². The fourth-order valence-corrected chi connectivity index (χ4v) is 3.41. The van der Waals surface area contributed by atoms with E-state index < -0.39 is 12.0 Å². The van der Waals surface area contributed by atoms with E-state index in [1.807, 2.05) is 44.2 Å². The smallest absolute Gasteiger partial charge is 0.338 e. The molecule has 0 saturated carbocycles. The van der Waals surface area contributed by atoms with Crippen LogP contribution in [-0.4, -0.2) is 44.3 Å². The fourth-order valence-electron chi connectivity index (χ4n) is 3.41. The van der Waals surface area contributed by atoms with Crippen LogP contribution in [0.3, 0.4) is 0 Å². The zero-order valence-electron chi connectivity index (χ0n) is 18.5. The van der Waals surface area contributed by atoms with Crippen molar-refractivity contribution < 1.29 is 23.8 Å². The number of aryl methyl sites for hydroxylation is 2. The summed E-state index contributed by atoms with van der Waals surface area (Å²) in [4.78, 5) is 27.1. The average Bonchev–Trinajstić information content (AvgIpc) is 2.76. The first-order chi connectivity index (χ1) is 14.8. The van der Waals surface area contributed by atoms with Crippen LogP contribution < -0.4 is 14.8 Å². The van der Waals surface area contributed by atoms with Crippen molar-refractivity contribution in [3.63, 3.8) is 0 Å². The van der Waals surface area contributed by atoms with Gasteiger partial charge in [0.1, 0.15) is 18.1 Å². The van der Waals surface area contributed by atoms with E-state index in [0.29, 0.717) is 28.3 Å². The van der Waals surface area contributed by atoms with Crippen LogP contribution in [0.2, 0.25) is 0 Å². The van der Waals surface area contributed by atoms with Crippen molar-refractivity contribution >= 4 is 12.0 Å². The zero-order chi connectivity index (χ0) is 22.5. The SMILES string of the molecule is CCOC(=O)C1=C(COc2ccc(C)c(C)c2)N(C)C(=O)N[C@@H]1c1cccc(OC)c1. The van der Waals surface area contributed by atoms with Crippen molar-refractivity contribution in [2.24, 2.45) is 0 Å². The number of hydrogen-bond donors (Lipinski definition) is 1. The predicted molar refractivity (Wildman–Crippen MR) is 117 cm³/mol. The van der Waals surface area contributed by atoms with Gasteiger partial charge in [0.05, 0.1) is 31.0 Å². The molecule has 0 fully saturated rings. The highest BCUT2D eigenvalue weighted by atomic mass is 16.5. The first-order valence-electron chi connectivity index (χ1n) is 10.1. The number of carbonyl (C=O) groups is 2. The maximum Gasteiger partial charge on any atom is 0.338 e. The van der Waals surface area contributed by atoms with Crippen molar-refractivity contribution in [1.29, 1.82) is 0 Å². The number of amides is 2. The molecule has 0 unspecified atom stereocenters. The second-order valence-electron chi connectivity index (χ2n) is 7.33. The van der Waals surface area contributed by atoms with Crippen molar-refractivity contribution in [2.75, 3.05) is 27.4 Å². The Hall–Kier alpha value is -3.48. The lowest BCUT2D eigenvalue weighted by molar-refractivity contribution is -0.139. The number of urea groups is 1. The van der Waals surface area contributed by atoms with Crippen LogP contribution in [0.25, 0.3) is 0 Å². The molecule has 7 heteroatoms. The van der Waals surface area contributed by atoms with Gasteiger partial charge in [-0.3, -0.25) is 4.90 Å². The van der Waals surface area contributed by atoms with Crippen molar-refractivity contribution in [3.8, 4) is 11.5 Å². The number of ether oxygens (including phenoxy) is 3. The molecule has 2 aromatic carbocycles. The van der Waals surface area contributed by atoms with Crippen LogP contribution in [-0.2, 0) is 9.53 Å². The molecule has 31 heavy (non-hydrogen) atoms. The Kier molecular flexibility index (Phi) is 6.84. The minimum absolute atomic E-state index is 0.0427. The molecular formula is C24H28N2O5. The first kappa shape index (κ1) is 22.2. The van der Waals surface area contributed by atoms with Gasteiger partial charge in [-0.2, -0.15) is 0 Å². The molecule has 3 rings (SSSR count). The Labute approximate surface area is 182 Å². The molecule has 1 heterocycles. The van der Waals surface area contributed by atoms with Crippen LogP contribution in [0.15, 0.2) is 53.7 Å². The Morgan fingerprint density at radius 3 is 2.55 bits per heavy atom. The normalized spacial score (nSPS) is 16.1. The van der Waals surface area contributed by atoms with Crippen molar-refractivity contribution in [1.82, 2.24) is 10.2 Å². The molecule has 1 atom stereocenters. The molecular weight excluding hydrogens is 396 g/mol. The van der Waals surface area contributed by atoms with E-state index in [2.05, 4.69) is 5.32 Å². The predicted octanol–water partition coefficient (Wildman–Crippen LogP) is 3.90. The van der Waals surface area contributed by atoms with E-state index in [1.54, 1.807) is 33.2 Å². The monoisotopic (exact) mass is 424 g/mol. The molecule has 164 valence electrons. The summed E-state index contributed by atoms with van der Waals surface area (Å²) in [5.41, 5.74) is 3.76. The molecule has 0 radical (unpaired) electrons. The number of benzene rings is 2. The maximum absolute atomic E-state index is 13.0. The number of esters is 1. The lowest BCUT2D eigenvalue weighted by Crippen LogP contribution is -2.48. The number of likely N-dealkylation sites (N-methyl/N-ethyl adjacent to an activating group) is 1. The van der Waals surface area contributed by atoms with Crippen molar-refractivity contribution in [2.45, 2.75) is 26.8 Å². The molecule has 0 saturated heterocycles. The number of methoxy groups -OCH3 is 1. The van der Waals surface area contributed by atoms with Gasteiger partial charge in [0.25, 0.3) is 0 Å². The van der Waals surface area contributed by atoms with Gasteiger partial charge in [0.2, 0.25) is 0 Å². The van der Waals surface area contributed by atoms with Crippen LogP contribution >= 0.6 is 0 Å². The van der Waals surface area contributed by atoms with E-state index in [0.717, 1.165) is 11.1 Å². The fraction of sp³-hybridized carbons (Fsp3) is 0.333. The number of nitrogens with one attached hydrogen (secondary N) is 1. The maximum atomic E-state index is 13.0. The zero-order valence-corrected chi connectivity index (χ0v) is 18.5. The number of nitrogens with zero attached hydrogens (tertiary/aromatic N) is 1. The number of rotatable bonds is 7. The van der Waals surface area contributed by atoms with E-state index in [1.165, 1.54) is 4.90 Å². The highest BCUT2D eigenvalue weighted by Gasteiger charge is 2.37. The first-order valence-corrected chi connectivity index (χ1v) is 10.1. The van der Waals surface area contributed by atoms with Gasteiger partial charge in [-0.05, 0) is 61.7 Å². The summed E-state index contributed by atoms with van der Waals surface area (Å²) in [6.07, 6.45) is 0. The molecule has 1 N–H and O–H groups in total. The molecule has 0 aromatic heterocycles. The molecule has 2 aromatic rings. The van der Waals surface area contributed by atoms with Gasteiger partial charge in [-0.1, -0.05) is 18.2 Å². The third-order valence-corrected chi connectivity index (χ3v) is 5.35. The summed E-state index contributed by atoms with van der Waals surface area (Å²) in [6.45, 7) is 6.04. The van der Waals surface area contributed by atoms with E-state index >= 15 is 0 Å². The van der Waals surface area contributed by atoms with Gasteiger partial charge in [-0.25, -0.2) is 9.59 Å². The van der Waals surface area contributed by atoms with E-state index in [9.17, 15) is 9.59 Å². The molecule has 0 bridgehead atoms. The van der Waals surface area contributed by atoms with E-state index in [4.69, 9.17) is 14.2 Å². The number of carbonyl (C=O) groups excluding carboxylic acids is 2. The quantitative estimate of drug-likeness (QED) is 0.682. The highest BCUT2D eigenvalue weighted by Crippen LogP contribution is 2.33. The molecule has 2 amide bonds. The Bertz CT molecular complexity index is 1010. The van der Waals surface area contributed by atoms with Crippen molar-refractivity contribution in [3.05, 3.63) is 70.4 Å². The Morgan fingerprint density at radius 2 is 1.87 bits per heavy atom. The Morgan fingerprint density at radius 1 is 1.10 bits per heavy atom. The highest BCUT2D eigenvalue weighted by molar-refractivity contribution is 5.95. The van der Waals surface area contributed by atoms with Crippen LogP contribution in [0.1, 0.15) is 29.7 Å². The standard InChI is InChI=1S/C24H28N2O5/c1-6-30-23(27)21-20(14-31-19-11-10-15(2)16(3)12-19)26(4)24(28)25-22(21)17-8-7-9-18(13-17)29-5/h7-13,22H,6,14H2,1-5H3,(H,25,28)/t22-/m1/s1. The summed E-state index contributed by atoms with van der Waals surface area (Å²) in [5, 5.41) is 2.89. The largest absolute Gasteiger partial charge is 0.497 e. The minimum atomic E-state index is -0.684. The summed E-state index contributed by atoms with van der Waals surface area (Å²) >= 11 is 0. The van der Waals surface area contributed by atoms with Gasteiger partial charge in [-0.15, -0.1) is 0 Å². The van der Waals surface area contributed by atoms with Gasteiger partial charge in [0.15, 0.2) is 0 Å². The average molecular weight is 424 g/mol. The van der Waals surface area contributed by atoms with Gasteiger partial charge in [0, 0.05) is 7.05 Å². The summed E-state index contributed by atoms with van der Waals surface area (Å²) in [7, 11) is 3.17. The summed E-state index contributed by atoms with van der Waals surface area (Å²) in [5.74, 6) is 0.791. The lowest BCUT2D eigenvalue weighted by atomic mass is 9.94. The molecule has 1 aliphatic heterocycles. The van der Waals surface area contributed by atoms with Gasteiger partial charge < -0.3 is 19.5 Å². The minimum Gasteiger partial charge on any atom is -0.497 e.